The molecule has 3 aromatic rings. The maximum atomic E-state index is 14.6. The molecule has 1 fully saturated rings. The summed E-state index contributed by atoms with van der Waals surface area (Å²) in [5.41, 5.74) is 1.06. The van der Waals surface area contributed by atoms with E-state index in [-0.39, 0.29) is 12.2 Å². The van der Waals surface area contributed by atoms with Gasteiger partial charge < -0.3 is 4.90 Å². The molecule has 1 aliphatic rings. The second kappa shape index (κ2) is 7.92. The van der Waals surface area contributed by atoms with Crippen LogP contribution in [0.2, 0.25) is 0 Å². The van der Waals surface area contributed by atoms with Gasteiger partial charge in [0.2, 0.25) is 0 Å². The Bertz CT molecular complexity index is 1010. The van der Waals surface area contributed by atoms with E-state index >= 15 is 0 Å². The van der Waals surface area contributed by atoms with Gasteiger partial charge in [-0.1, -0.05) is 6.07 Å². The SMILES string of the molecule is Cc1cc(N2CCN(C(=O)c3c(F)cccc3-n3nccn3)CCO2)nc(C)n1. The molecule has 0 aliphatic carbocycles. The highest BCUT2D eigenvalue weighted by Crippen LogP contribution is 2.21. The van der Waals surface area contributed by atoms with E-state index in [0.717, 1.165) is 5.69 Å². The first-order valence-electron chi connectivity index (χ1n) is 9.20. The standard InChI is InChI=1S/C19H20FN7O2/c1-13-12-17(24-14(2)23-13)26-9-8-25(10-11-29-26)19(28)18-15(20)4-3-5-16(18)27-21-6-7-22-27/h3-7,12H,8-11H2,1-2H3. The van der Waals surface area contributed by atoms with Gasteiger partial charge in [0, 0.05) is 24.8 Å². The van der Waals surface area contributed by atoms with E-state index in [1.807, 2.05) is 19.9 Å². The lowest BCUT2D eigenvalue weighted by Crippen LogP contribution is -2.36. The van der Waals surface area contributed by atoms with Crippen molar-refractivity contribution in [2.75, 3.05) is 31.3 Å². The molecule has 1 amide bonds. The summed E-state index contributed by atoms with van der Waals surface area (Å²) in [6.45, 7) is 5.02. The lowest BCUT2D eigenvalue weighted by Gasteiger charge is -2.22. The van der Waals surface area contributed by atoms with Crippen LogP contribution in [0.15, 0.2) is 36.7 Å². The zero-order chi connectivity index (χ0) is 20.4. The summed E-state index contributed by atoms with van der Waals surface area (Å²) in [6.07, 6.45) is 2.95. The Labute approximate surface area is 166 Å². The van der Waals surface area contributed by atoms with Crippen LogP contribution in [0.3, 0.4) is 0 Å². The molecule has 150 valence electrons. The smallest absolute Gasteiger partial charge is 0.259 e. The average Bonchev–Trinajstić information content (AvgIpc) is 3.10. The second-order valence-electron chi connectivity index (χ2n) is 6.59. The number of anilines is 1. The molecule has 0 radical (unpaired) electrons. The fraction of sp³-hybridized carbons (Fsp3) is 0.316. The van der Waals surface area contributed by atoms with Crippen molar-refractivity contribution in [1.82, 2.24) is 29.9 Å². The minimum absolute atomic E-state index is 0.0640. The van der Waals surface area contributed by atoms with Crippen LogP contribution in [0.25, 0.3) is 5.69 Å². The van der Waals surface area contributed by atoms with E-state index in [0.29, 0.717) is 37.0 Å². The molecule has 3 heterocycles. The summed E-state index contributed by atoms with van der Waals surface area (Å²) >= 11 is 0. The van der Waals surface area contributed by atoms with Gasteiger partial charge in [0.05, 0.1) is 25.5 Å². The highest BCUT2D eigenvalue weighted by Gasteiger charge is 2.27. The number of hydroxylamine groups is 1. The number of hydrogen-bond donors (Lipinski definition) is 0. The van der Waals surface area contributed by atoms with Crippen LogP contribution in [0.5, 0.6) is 0 Å². The first kappa shape index (κ1) is 18.9. The third-order valence-corrected chi connectivity index (χ3v) is 4.52. The normalized spacial score (nSPS) is 14.7. The van der Waals surface area contributed by atoms with Crippen molar-refractivity contribution in [3.05, 3.63) is 59.6 Å². The quantitative estimate of drug-likeness (QED) is 0.665. The Morgan fingerprint density at radius 1 is 1.10 bits per heavy atom. The Hall–Kier alpha value is -3.40. The fourth-order valence-corrected chi connectivity index (χ4v) is 3.25. The summed E-state index contributed by atoms with van der Waals surface area (Å²) < 4.78 is 14.6. The second-order valence-corrected chi connectivity index (χ2v) is 6.59. The van der Waals surface area contributed by atoms with Gasteiger partial charge in [-0.3, -0.25) is 9.63 Å². The summed E-state index contributed by atoms with van der Waals surface area (Å²) in [5.74, 6) is 0.227. The summed E-state index contributed by atoms with van der Waals surface area (Å²) in [6, 6.07) is 6.22. The van der Waals surface area contributed by atoms with Crippen molar-refractivity contribution in [3.8, 4) is 5.69 Å². The monoisotopic (exact) mass is 397 g/mol. The number of rotatable bonds is 3. The maximum Gasteiger partial charge on any atom is 0.259 e. The van der Waals surface area contributed by atoms with E-state index < -0.39 is 11.7 Å². The lowest BCUT2D eigenvalue weighted by atomic mass is 10.1. The van der Waals surface area contributed by atoms with Crippen molar-refractivity contribution >= 4 is 11.7 Å². The maximum absolute atomic E-state index is 14.6. The zero-order valence-electron chi connectivity index (χ0n) is 16.1. The minimum atomic E-state index is -0.617. The van der Waals surface area contributed by atoms with Gasteiger partial charge >= 0.3 is 0 Å². The number of aromatic nitrogens is 5. The van der Waals surface area contributed by atoms with Crippen molar-refractivity contribution < 1.29 is 14.0 Å². The summed E-state index contributed by atoms with van der Waals surface area (Å²) in [4.78, 5) is 30.4. The molecule has 0 N–H and O–H groups in total. The molecule has 1 aliphatic heterocycles. The Morgan fingerprint density at radius 3 is 2.66 bits per heavy atom. The van der Waals surface area contributed by atoms with Crippen LogP contribution in [-0.4, -0.2) is 62.0 Å². The van der Waals surface area contributed by atoms with Crippen LogP contribution in [-0.2, 0) is 4.84 Å². The molecule has 0 unspecified atom stereocenters. The Balaban J connectivity index is 1.57. The van der Waals surface area contributed by atoms with Gasteiger partial charge in [-0.15, -0.1) is 0 Å². The van der Waals surface area contributed by atoms with Crippen LogP contribution >= 0.6 is 0 Å². The van der Waals surface area contributed by atoms with Crippen LogP contribution in [0, 0.1) is 19.7 Å². The third-order valence-electron chi connectivity index (χ3n) is 4.52. The minimum Gasteiger partial charge on any atom is -0.334 e. The number of aryl methyl sites for hydroxylation is 2. The number of amides is 1. The first-order chi connectivity index (χ1) is 14.0. The van der Waals surface area contributed by atoms with E-state index in [1.165, 1.54) is 29.3 Å². The van der Waals surface area contributed by atoms with Gasteiger partial charge in [0.1, 0.15) is 22.9 Å². The van der Waals surface area contributed by atoms with Gasteiger partial charge in [0.15, 0.2) is 5.82 Å². The largest absolute Gasteiger partial charge is 0.334 e. The number of hydrogen-bond acceptors (Lipinski definition) is 7. The van der Waals surface area contributed by atoms with E-state index in [2.05, 4.69) is 20.2 Å². The highest BCUT2D eigenvalue weighted by molar-refractivity contribution is 5.98. The lowest BCUT2D eigenvalue weighted by molar-refractivity contribution is 0.0725. The van der Waals surface area contributed by atoms with Crippen LogP contribution < -0.4 is 5.06 Å². The van der Waals surface area contributed by atoms with Crippen molar-refractivity contribution in [2.45, 2.75) is 13.8 Å². The molecule has 0 saturated carbocycles. The van der Waals surface area contributed by atoms with Crippen LogP contribution in [0.4, 0.5) is 10.2 Å². The van der Waals surface area contributed by atoms with Gasteiger partial charge in [0.25, 0.3) is 5.91 Å². The van der Waals surface area contributed by atoms with Gasteiger partial charge in [-0.25, -0.2) is 19.4 Å². The number of carbonyl (C=O) groups excluding carboxylic acids is 1. The molecule has 0 spiro atoms. The summed E-state index contributed by atoms with van der Waals surface area (Å²) in [7, 11) is 0. The molecular weight excluding hydrogens is 377 g/mol. The Kier molecular flexibility index (Phi) is 5.17. The number of halogens is 1. The van der Waals surface area contributed by atoms with E-state index in [9.17, 15) is 9.18 Å². The molecular formula is C19H20FN7O2. The number of benzene rings is 1. The zero-order valence-corrected chi connectivity index (χ0v) is 16.1. The molecule has 9 nitrogen and oxygen atoms in total. The predicted octanol–water partition coefficient (Wildman–Crippen LogP) is 1.71. The molecule has 0 atom stereocenters. The molecule has 4 rings (SSSR count). The Morgan fingerprint density at radius 2 is 1.90 bits per heavy atom. The van der Waals surface area contributed by atoms with Gasteiger partial charge in [-0.05, 0) is 26.0 Å². The third kappa shape index (κ3) is 3.92. The fourth-order valence-electron chi connectivity index (χ4n) is 3.25. The first-order valence-corrected chi connectivity index (χ1v) is 9.20. The van der Waals surface area contributed by atoms with Crippen molar-refractivity contribution in [1.29, 1.82) is 0 Å². The molecule has 1 saturated heterocycles. The van der Waals surface area contributed by atoms with E-state index in [4.69, 9.17) is 4.84 Å². The average molecular weight is 397 g/mol. The van der Waals surface area contributed by atoms with Crippen LogP contribution in [0.1, 0.15) is 21.9 Å². The van der Waals surface area contributed by atoms with Crippen molar-refractivity contribution in [3.63, 3.8) is 0 Å². The molecule has 0 bridgehead atoms. The molecule has 29 heavy (non-hydrogen) atoms. The predicted molar refractivity (Wildman–Crippen MR) is 102 cm³/mol. The highest BCUT2D eigenvalue weighted by atomic mass is 19.1. The van der Waals surface area contributed by atoms with E-state index in [1.54, 1.807) is 16.0 Å². The number of carbonyl (C=O) groups is 1. The topological polar surface area (TPSA) is 89.3 Å². The molecule has 10 heteroatoms. The van der Waals surface area contributed by atoms with Crippen molar-refractivity contribution in [2.24, 2.45) is 0 Å². The number of nitrogens with zero attached hydrogens (tertiary/aromatic N) is 7. The van der Waals surface area contributed by atoms with Gasteiger partial charge in [-0.2, -0.15) is 15.0 Å². The summed E-state index contributed by atoms with van der Waals surface area (Å²) in [5, 5.41) is 9.69. The molecule has 2 aromatic heterocycles. The molecule has 1 aromatic carbocycles.